The lowest BCUT2D eigenvalue weighted by Gasteiger charge is -2.06. The number of aromatic carboxylic acids is 1. The monoisotopic (exact) mass is 311 g/mol. The smallest absolute Gasteiger partial charge is 0.371 e. The molecule has 2 N–H and O–H groups in total. The molecule has 0 saturated carbocycles. The molecule has 2 rings (SSSR count). The van der Waals surface area contributed by atoms with Crippen LogP contribution in [-0.4, -0.2) is 32.6 Å². The Morgan fingerprint density at radius 2 is 1.90 bits per heavy atom. The summed E-state index contributed by atoms with van der Waals surface area (Å²) < 4.78 is 36.0. The SMILES string of the molecule is O=C(O)c1ccc(S(=O)(=O)NCCOc2ccccc2)o1. The third-order valence-corrected chi connectivity index (χ3v) is 3.80. The fraction of sp³-hybridized carbons (Fsp3) is 0.154. The first kappa shape index (κ1) is 15.1. The van der Waals surface area contributed by atoms with Gasteiger partial charge in [-0.2, -0.15) is 0 Å². The minimum Gasteiger partial charge on any atom is -0.492 e. The molecule has 112 valence electrons. The minimum absolute atomic E-state index is 0.0281. The number of nitrogens with one attached hydrogen (secondary N) is 1. The number of furan rings is 1. The van der Waals surface area contributed by atoms with E-state index in [1.165, 1.54) is 0 Å². The molecule has 0 radical (unpaired) electrons. The summed E-state index contributed by atoms with van der Waals surface area (Å²) in [5.74, 6) is -1.14. The van der Waals surface area contributed by atoms with Gasteiger partial charge in [-0.1, -0.05) is 18.2 Å². The number of para-hydroxylation sites is 1. The third-order valence-electron chi connectivity index (χ3n) is 2.46. The lowest BCUT2D eigenvalue weighted by molar-refractivity contribution is 0.0656. The molecule has 1 heterocycles. The standard InChI is InChI=1S/C13H13NO6S/c15-13(16)11-6-7-12(20-11)21(17,18)14-8-9-19-10-4-2-1-3-5-10/h1-7,14H,8-9H2,(H,15,16). The molecule has 0 saturated heterocycles. The van der Waals surface area contributed by atoms with Gasteiger partial charge in [-0.15, -0.1) is 0 Å². The van der Waals surface area contributed by atoms with Crippen LogP contribution in [0.5, 0.6) is 5.75 Å². The zero-order chi connectivity index (χ0) is 15.3. The van der Waals surface area contributed by atoms with E-state index in [2.05, 4.69) is 4.72 Å². The van der Waals surface area contributed by atoms with Crippen LogP contribution in [0.15, 0.2) is 52.0 Å². The van der Waals surface area contributed by atoms with Crippen molar-refractivity contribution in [2.75, 3.05) is 13.2 Å². The van der Waals surface area contributed by atoms with Gasteiger partial charge < -0.3 is 14.3 Å². The van der Waals surface area contributed by atoms with Gasteiger partial charge in [0.25, 0.3) is 10.0 Å². The fourth-order valence-corrected chi connectivity index (χ4v) is 2.45. The Bertz CT molecular complexity index is 707. The Kier molecular flexibility index (Phi) is 4.61. The van der Waals surface area contributed by atoms with Gasteiger partial charge in [-0.3, -0.25) is 0 Å². The molecule has 0 spiro atoms. The summed E-state index contributed by atoms with van der Waals surface area (Å²) in [5, 5.41) is 8.23. The maximum atomic E-state index is 11.8. The maximum Gasteiger partial charge on any atom is 0.371 e. The van der Waals surface area contributed by atoms with E-state index in [1.807, 2.05) is 6.07 Å². The van der Waals surface area contributed by atoms with Crippen molar-refractivity contribution in [3.8, 4) is 5.75 Å². The van der Waals surface area contributed by atoms with Crippen molar-refractivity contribution in [1.29, 1.82) is 0 Å². The lowest BCUT2D eigenvalue weighted by atomic mass is 10.3. The second kappa shape index (κ2) is 6.42. The number of sulfonamides is 1. The minimum atomic E-state index is -3.89. The number of ether oxygens (including phenoxy) is 1. The summed E-state index contributed by atoms with van der Waals surface area (Å²) in [5.41, 5.74) is 0. The van der Waals surface area contributed by atoms with E-state index in [4.69, 9.17) is 14.3 Å². The van der Waals surface area contributed by atoms with Crippen molar-refractivity contribution < 1.29 is 27.5 Å². The van der Waals surface area contributed by atoms with Crippen molar-refractivity contribution in [2.24, 2.45) is 0 Å². The van der Waals surface area contributed by atoms with Gasteiger partial charge in [-0.25, -0.2) is 17.9 Å². The van der Waals surface area contributed by atoms with E-state index in [1.54, 1.807) is 24.3 Å². The molecule has 0 aliphatic rings. The Hall–Kier alpha value is -2.32. The molecule has 2 aromatic rings. The van der Waals surface area contributed by atoms with Gasteiger partial charge in [-0.05, 0) is 24.3 Å². The maximum absolute atomic E-state index is 11.8. The summed E-state index contributed by atoms with van der Waals surface area (Å²) in [6, 6.07) is 11.1. The molecule has 1 aromatic heterocycles. The first-order valence-corrected chi connectivity index (χ1v) is 7.48. The molecule has 21 heavy (non-hydrogen) atoms. The van der Waals surface area contributed by atoms with Crippen molar-refractivity contribution in [3.05, 3.63) is 48.2 Å². The molecule has 0 aliphatic carbocycles. The second-order valence-electron chi connectivity index (χ2n) is 3.98. The van der Waals surface area contributed by atoms with E-state index in [-0.39, 0.29) is 13.2 Å². The molecule has 8 heteroatoms. The number of rotatable bonds is 7. The summed E-state index contributed by atoms with van der Waals surface area (Å²) in [7, 11) is -3.89. The zero-order valence-electron chi connectivity index (χ0n) is 10.9. The molecule has 0 fully saturated rings. The van der Waals surface area contributed by atoms with Gasteiger partial charge in [0.2, 0.25) is 10.9 Å². The molecule has 7 nitrogen and oxygen atoms in total. The van der Waals surface area contributed by atoms with E-state index in [0.717, 1.165) is 12.1 Å². The highest BCUT2D eigenvalue weighted by Gasteiger charge is 2.20. The highest BCUT2D eigenvalue weighted by Crippen LogP contribution is 2.13. The first-order chi connectivity index (χ1) is 9.99. The number of carboxylic acid groups (broad SMARTS) is 1. The summed E-state index contributed by atoms with van der Waals surface area (Å²) in [4.78, 5) is 10.6. The summed E-state index contributed by atoms with van der Waals surface area (Å²) in [6.07, 6.45) is 0. The molecule has 1 aromatic carbocycles. The molecule has 0 aliphatic heterocycles. The third kappa shape index (κ3) is 4.07. The van der Waals surface area contributed by atoms with Gasteiger partial charge in [0.1, 0.15) is 12.4 Å². The average molecular weight is 311 g/mol. The Labute approximate surface area is 121 Å². The Morgan fingerprint density at radius 3 is 2.52 bits per heavy atom. The van der Waals surface area contributed by atoms with Crippen LogP contribution in [-0.2, 0) is 10.0 Å². The number of hydrogen-bond donors (Lipinski definition) is 2. The van der Waals surface area contributed by atoms with Crippen LogP contribution in [0.25, 0.3) is 0 Å². The van der Waals surface area contributed by atoms with Crippen molar-refractivity contribution in [2.45, 2.75) is 5.09 Å². The number of carboxylic acids is 1. The quantitative estimate of drug-likeness (QED) is 0.747. The van der Waals surface area contributed by atoms with Gasteiger partial charge >= 0.3 is 5.97 Å². The summed E-state index contributed by atoms with van der Waals surface area (Å²) in [6.45, 7) is 0.163. The van der Waals surface area contributed by atoms with Crippen LogP contribution < -0.4 is 9.46 Å². The van der Waals surface area contributed by atoms with Gasteiger partial charge in [0.15, 0.2) is 0 Å². The van der Waals surface area contributed by atoms with E-state index in [0.29, 0.717) is 5.75 Å². The van der Waals surface area contributed by atoms with Gasteiger partial charge in [0, 0.05) is 6.54 Å². The zero-order valence-corrected chi connectivity index (χ0v) is 11.7. The van der Waals surface area contributed by atoms with Crippen LogP contribution >= 0.6 is 0 Å². The van der Waals surface area contributed by atoms with E-state index >= 15 is 0 Å². The van der Waals surface area contributed by atoms with Crippen LogP contribution in [0, 0.1) is 0 Å². The number of carbonyl (C=O) groups is 1. The molecule has 0 amide bonds. The molecule has 0 unspecified atom stereocenters. The van der Waals surface area contributed by atoms with Crippen LogP contribution in [0.1, 0.15) is 10.6 Å². The topological polar surface area (TPSA) is 106 Å². The Morgan fingerprint density at radius 1 is 1.19 bits per heavy atom. The fourth-order valence-electron chi connectivity index (χ4n) is 1.51. The molecule has 0 bridgehead atoms. The molecular weight excluding hydrogens is 298 g/mol. The van der Waals surface area contributed by atoms with Crippen LogP contribution in [0.2, 0.25) is 0 Å². The predicted octanol–water partition coefficient (Wildman–Crippen LogP) is 1.34. The Balaban J connectivity index is 1.88. The van der Waals surface area contributed by atoms with E-state index in [9.17, 15) is 13.2 Å². The highest BCUT2D eigenvalue weighted by atomic mass is 32.2. The van der Waals surface area contributed by atoms with Crippen molar-refractivity contribution in [1.82, 2.24) is 4.72 Å². The van der Waals surface area contributed by atoms with Crippen molar-refractivity contribution >= 4 is 16.0 Å². The van der Waals surface area contributed by atoms with Gasteiger partial charge in [0.05, 0.1) is 0 Å². The predicted molar refractivity (Wildman–Crippen MR) is 72.8 cm³/mol. The number of benzene rings is 1. The van der Waals surface area contributed by atoms with Crippen LogP contribution in [0.4, 0.5) is 0 Å². The second-order valence-corrected chi connectivity index (χ2v) is 5.68. The highest BCUT2D eigenvalue weighted by molar-refractivity contribution is 7.89. The van der Waals surface area contributed by atoms with E-state index < -0.39 is 26.8 Å². The lowest BCUT2D eigenvalue weighted by Crippen LogP contribution is -2.28. The van der Waals surface area contributed by atoms with Crippen molar-refractivity contribution in [3.63, 3.8) is 0 Å². The molecule has 0 atom stereocenters. The number of hydrogen-bond acceptors (Lipinski definition) is 5. The average Bonchev–Trinajstić information content (AvgIpc) is 2.96. The summed E-state index contributed by atoms with van der Waals surface area (Å²) >= 11 is 0. The largest absolute Gasteiger partial charge is 0.492 e. The first-order valence-electron chi connectivity index (χ1n) is 6.00. The normalized spacial score (nSPS) is 11.2. The van der Waals surface area contributed by atoms with Crippen LogP contribution in [0.3, 0.4) is 0 Å². The molecular formula is C13H13NO6S.